The van der Waals surface area contributed by atoms with Crippen LogP contribution < -0.4 is 51.4 Å². The third-order valence-electron chi connectivity index (χ3n) is 4.52. The van der Waals surface area contributed by atoms with Gasteiger partial charge < -0.3 is 4.55 Å². The average Bonchev–Trinajstić information content (AvgIpc) is 2.68. The molecule has 0 saturated heterocycles. The van der Waals surface area contributed by atoms with Crippen molar-refractivity contribution in [3.8, 4) is 0 Å². The van der Waals surface area contributed by atoms with Crippen molar-refractivity contribution in [2.75, 3.05) is 5.75 Å². The van der Waals surface area contributed by atoms with Crippen LogP contribution in [0.1, 0.15) is 29.0 Å². The van der Waals surface area contributed by atoms with Gasteiger partial charge in [-0.05, 0) is 61.1 Å². The Labute approximate surface area is 220 Å². The Bertz CT molecular complexity index is 1000. The van der Waals surface area contributed by atoms with Crippen molar-refractivity contribution in [3.05, 3.63) is 102 Å². The van der Waals surface area contributed by atoms with Crippen molar-refractivity contribution < 1.29 is 64.4 Å². The van der Waals surface area contributed by atoms with Gasteiger partial charge in [-0.3, -0.25) is 0 Å². The molecule has 0 saturated carbocycles. The van der Waals surface area contributed by atoms with E-state index in [-0.39, 0.29) is 56.3 Å². The van der Waals surface area contributed by atoms with Gasteiger partial charge in [0.15, 0.2) is 0 Å². The van der Waals surface area contributed by atoms with E-state index in [4.69, 9.17) is 0 Å². The Kier molecular flexibility index (Phi) is 10.1. The number of hydrogen-bond acceptors (Lipinski definition) is 4. The van der Waals surface area contributed by atoms with Crippen molar-refractivity contribution in [3.63, 3.8) is 0 Å². The largest absolute Gasteiger partial charge is 1.00 e. The summed E-state index contributed by atoms with van der Waals surface area (Å²) < 4.78 is 33.2. The summed E-state index contributed by atoms with van der Waals surface area (Å²) >= 11 is 1.84. The van der Waals surface area contributed by atoms with Crippen LogP contribution in [0.15, 0.2) is 88.7 Å². The first kappa shape index (κ1) is 24.8. The molecule has 1 unspecified atom stereocenters. The summed E-state index contributed by atoms with van der Waals surface area (Å²) in [4.78, 5) is 1.06. The quantitative estimate of drug-likeness (QED) is 0.301. The monoisotopic (exact) mass is 449 g/mol. The minimum absolute atomic E-state index is 0. The molecule has 3 nitrogen and oxygen atoms in total. The summed E-state index contributed by atoms with van der Waals surface area (Å²) in [5, 5.41) is 0. The Morgan fingerprint density at radius 1 is 0.966 bits per heavy atom. The first-order valence-corrected chi connectivity index (χ1v) is 11.4. The first-order valence-electron chi connectivity index (χ1n) is 9.05. The Hall–Kier alpha value is -0.444. The third kappa shape index (κ3) is 7.96. The normalized spacial score (nSPS) is 12.2. The summed E-state index contributed by atoms with van der Waals surface area (Å²) in [6, 6.07) is 25.0. The van der Waals surface area contributed by atoms with Crippen molar-refractivity contribution in [1.82, 2.24) is 0 Å². The molecular weight excluding hydrogens is 427 g/mol. The maximum Gasteiger partial charge on any atom is 1.00 e. The second-order valence-corrected chi connectivity index (χ2v) is 9.17. The maximum atomic E-state index is 11.1. The Balaban J connectivity index is 0.00000300. The number of thioether (sulfide) groups is 1. The molecule has 0 amide bonds. The second-order valence-electron chi connectivity index (χ2n) is 6.70. The molecule has 0 aliphatic heterocycles. The summed E-state index contributed by atoms with van der Waals surface area (Å²) in [5.74, 6) is 1.27. The van der Waals surface area contributed by atoms with Gasteiger partial charge in [-0.1, -0.05) is 60.2 Å². The number of rotatable bonds is 8. The van der Waals surface area contributed by atoms with Crippen LogP contribution >= 0.6 is 11.8 Å². The van der Waals surface area contributed by atoms with Gasteiger partial charge >= 0.3 is 51.4 Å². The molecule has 0 aliphatic rings. The van der Waals surface area contributed by atoms with Crippen LogP contribution in [0.3, 0.4) is 0 Å². The molecule has 6 heteroatoms. The van der Waals surface area contributed by atoms with E-state index in [1.807, 2.05) is 30.0 Å². The van der Waals surface area contributed by atoms with E-state index in [0.717, 1.165) is 17.7 Å². The van der Waals surface area contributed by atoms with Crippen LogP contribution in [0, 0.1) is 13.3 Å². The molecule has 0 fully saturated rings. The topological polar surface area (TPSA) is 57.2 Å². The standard InChI is InChI=1S/C23H23O3S2.K/c1-18-6-5-9-22(16-18)27-17-21(20-7-3-2-4-8-20)13-10-19-11-14-23(15-12-19)28(24,25)26;/h2-12,14-16,21H,13,17H2,1H3,(H,24,25,26);/q;+1/p-1. The molecule has 3 aromatic carbocycles. The van der Waals surface area contributed by atoms with Gasteiger partial charge in [0.2, 0.25) is 0 Å². The molecule has 0 bridgehead atoms. The number of benzene rings is 3. The fourth-order valence-electron chi connectivity index (χ4n) is 2.98. The van der Waals surface area contributed by atoms with Crippen molar-refractivity contribution >= 4 is 21.9 Å². The van der Waals surface area contributed by atoms with Crippen LogP contribution in [-0.2, 0) is 10.1 Å². The average molecular weight is 450 g/mol. The minimum Gasteiger partial charge on any atom is -0.744 e. The van der Waals surface area contributed by atoms with Crippen LogP contribution in [0.25, 0.3) is 0 Å². The van der Waals surface area contributed by atoms with Gasteiger partial charge in [-0.25, -0.2) is 8.42 Å². The van der Waals surface area contributed by atoms with Gasteiger partial charge in [0.05, 0.1) is 4.90 Å². The molecule has 3 rings (SSSR count). The molecule has 145 valence electrons. The fourth-order valence-corrected chi connectivity index (χ4v) is 4.61. The Morgan fingerprint density at radius 3 is 2.28 bits per heavy atom. The van der Waals surface area contributed by atoms with Crippen LogP contribution in [-0.4, -0.2) is 18.7 Å². The minimum atomic E-state index is -4.40. The predicted octanol–water partition coefficient (Wildman–Crippen LogP) is 2.42. The number of aryl methyl sites for hydroxylation is 1. The first-order chi connectivity index (χ1) is 13.4. The SMILES string of the molecule is Cc1cccc(SCC(C[CH]c2ccc(S(=O)(=O)[O-])cc2)c2ccccc2)c1.[K+]. The van der Waals surface area contributed by atoms with E-state index in [1.165, 1.54) is 28.2 Å². The van der Waals surface area contributed by atoms with E-state index in [9.17, 15) is 13.0 Å². The molecular formula is C23H22KO3S2. The van der Waals surface area contributed by atoms with E-state index in [1.54, 1.807) is 12.1 Å². The van der Waals surface area contributed by atoms with Crippen molar-refractivity contribution in [1.29, 1.82) is 0 Å². The van der Waals surface area contributed by atoms with Crippen LogP contribution in [0.2, 0.25) is 0 Å². The van der Waals surface area contributed by atoms with E-state index in [2.05, 4.69) is 49.7 Å². The summed E-state index contributed by atoms with van der Waals surface area (Å²) in [6.45, 7) is 2.10. The smallest absolute Gasteiger partial charge is 0.744 e. The van der Waals surface area contributed by atoms with E-state index in [0.29, 0.717) is 5.92 Å². The molecule has 0 aromatic heterocycles. The van der Waals surface area contributed by atoms with Crippen LogP contribution in [0.5, 0.6) is 0 Å². The second kappa shape index (κ2) is 11.8. The molecule has 0 spiro atoms. The summed E-state index contributed by atoms with van der Waals surface area (Å²) in [5.41, 5.74) is 3.44. The van der Waals surface area contributed by atoms with Gasteiger partial charge in [0.25, 0.3) is 0 Å². The molecule has 3 aromatic rings. The summed E-state index contributed by atoms with van der Waals surface area (Å²) in [6.07, 6.45) is 2.92. The molecule has 1 atom stereocenters. The molecule has 29 heavy (non-hydrogen) atoms. The third-order valence-corrected chi connectivity index (χ3v) is 6.52. The molecule has 0 N–H and O–H groups in total. The molecule has 1 radical (unpaired) electrons. The van der Waals surface area contributed by atoms with Gasteiger partial charge in [0.1, 0.15) is 10.1 Å². The van der Waals surface area contributed by atoms with Crippen molar-refractivity contribution in [2.24, 2.45) is 0 Å². The Morgan fingerprint density at radius 2 is 1.66 bits per heavy atom. The molecule has 0 aliphatic carbocycles. The number of hydrogen-bond donors (Lipinski definition) is 0. The maximum absolute atomic E-state index is 11.1. The molecule has 0 heterocycles. The summed E-state index contributed by atoms with van der Waals surface area (Å²) in [7, 11) is -4.40. The van der Waals surface area contributed by atoms with E-state index >= 15 is 0 Å². The fraction of sp³-hybridized carbons (Fsp3) is 0.174. The van der Waals surface area contributed by atoms with Crippen LogP contribution in [0.4, 0.5) is 0 Å². The van der Waals surface area contributed by atoms with Gasteiger partial charge in [-0.2, -0.15) is 0 Å². The van der Waals surface area contributed by atoms with Crippen molar-refractivity contribution in [2.45, 2.75) is 29.1 Å². The zero-order valence-electron chi connectivity index (χ0n) is 16.6. The zero-order valence-corrected chi connectivity index (χ0v) is 21.4. The predicted molar refractivity (Wildman–Crippen MR) is 114 cm³/mol. The van der Waals surface area contributed by atoms with Gasteiger partial charge in [-0.15, -0.1) is 11.8 Å². The van der Waals surface area contributed by atoms with Gasteiger partial charge in [0, 0.05) is 10.6 Å². The van der Waals surface area contributed by atoms with E-state index < -0.39 is 10.1 Å². The zero-order chi connectivity index (χ0) is 20.0.